The second-order valence-electron chi connectivity index (χ2n) is 7.32. The Kier molecular flexibility index (Phi) is 5.38. The zero-order chi connectivity index (χ0) is 22.0. The van der Waals surface area contributed by atoms with Gasteiger partial charge in [-0.25, -0.2) is 4.39 Å². The number of fused-ring (bicyclic) bond motifs is 1. The molecule has 0 aliphatic rings. The predicted molar refractivity (Wildman–Crippen MR) is 121 cm³/mol. The van der Waals surface area contributed by atoms with Crippen LogP contribution in [0, 0.1) is 31.0 Å². The molecule has 0 unspecified atom stereocenters. The van der Waals surface area contributed by atoms with E-state index in [4.69, 9.17) is 0 Å². The molecule has 0 saturated carbocycles. The average molecular weight is 409 g/mol. The van der Waals surface area contributed by atoms with Gasteiger partial charge < -0.3 is 9.88 Å². The monoisotopic (exact) mass is 409 g/mol. The third kappa shape index (κ3) is 4.10. The average Bonchev–Trinajstić information content (AvgIpc) is 3.06. The first kappa shape index (κ1) is 20.1. The molecule has 0 fully saturated rings. The lowest BCUT2D eigenvalue weighted by atomic mass is 10.1. The van der Waals surface area contributed by atoms with Crippen molar-refractivity contribution in [3.05, 3.63) is 101 Å². The molecule has 0 radical (unpaired) electrons. The second kappa shape index (κ2) is 8.29. The topological polar surface area (TPSA) is 57.8 Å². The van der Waals surface area contributed by atoms with Gasteiger partial charge in [-0.15, -0.1) is 0 Å². The Morgan fingerprint density at radius 1 is 1.00 bits per heavy atom. The molecule has 0 atom stereocenters. The number of anilines is 1. The highest BCUT2D eigenvalue weighted by molar-refractivity contribution is 6.09. The summed E-state index contributed by atoms with van der Waals surface area (Å²) in [6.45, 7) is 3.95. The van der Waals surface area contributed by atoms with Crippen LogP contribution in [-0.2, 0) is 4.79 Å². The maximum absolute atomic E-state index is 13.1. The van der Waals surface area contributed by atoms with Crippen molar-refractivity contribution in [1.82, 2.24) is 4.57 Å². The highest BCUT2D eigenvalue weighted by Crippen LogP contribution is 2.26. The molecule has 31 heavy (non-hydrogen) atoms. The summed E-state index contributed by atoms with van der Waals surface area (Å²) in [5, 5.41) is 14.5. The number of benzene rings is 3. The van der Waals surface area contributed by atoms with Gasteiger partial charge in [0.2, 0.25) is 0 Å². The van der Waals surface area contributed by atoms with Gasteiger partial charge in [-0.05, 0) is 78.7 Å². The smallest absolute Gasteiger partial charge is 0.266 e. The number of carbonyl (C=O) groups excluding carboxylic acids is 1. The summed E-state index contributed by atoms with van der Waals surface area (Å²) >= 11 is 0. The van der Waals surface area contributed by atoms with Gasteiger partial charge in [-0.1, -0.05) is 30.3 Å². The number of aromatic nitrogens is 1. The van der Waals surface area contributed by atoms with Gasteiger partial charge in [0.1, 0.15) is 17.5 Å². The highest BCUT2D eigenvalue weighted by atomic mass is 19.1. The van der Waals surface area contributed by atoms with Crippen molar-refractivity contribution in [3.8, 4) is 11.8 Å². The minimum Gasteiger partial charge on any atom is -0.321 e. The number of nitrogens with zero attached hydrogens (tertiary/aromatic N) is 2. The Morgan fingerprint density at radius 2 is 1.71 bits per heavy atom. The van der Waals surface area contributed by atoms with E-state index in [0.717, 1.165) is 33.4 Å². The van der Waals surface area contributed by atoms with E-state index >= 15 is 0 Å². The van der Waals surface area contributed by atoms with Crippen LogP contribution in [0.3, 0.4) is 0 Å². The fourth-order valence-corrected chi connectivity index (χ4v) is 3.68. The summed E-state index contributed by atoms with van der Waals surface area (Å²) in [5.41, 5.74) is 4.13. The number of amides is 1. The van der Waals surface area contributed by atoms with Gasteiger partial charge in [0, 0.05) is 22.8 Å². The van der Waals surface area contributed by atoms with Gasteiger partial charge in [0.05, 0.1) is 0 Å². The van der Waals surface area contributed by atoms with Crippen LogP contribution in [0.25, 0.3) is 22.5 Å². The molecule has 1 amide bonds. The highest BCUT2D eigenvalue weighted by Gasteiger charge is 2.14. The van der Waals surface area contributed by atoms with Crippen LogP contribution in [0.1, 0.15) is 17.0 Å². The number of hydrogen-bond acceptors (Lipinski definition) is 2. The Labute approximate surface area is 179 Å². The van der Waals surface area contributed by atoms with Gasteiger partial charge in [-0.2, -0.15) is 5.26 Å². The summed E-state index contributed by atoms with van der Waals surface area (Å²) in [6.07, 6.45) is 1.58. The number of nitriles is 1. The summed E-state index contributed by atoms with van der Waals surface area (Å²) in [5.74, 6) is -0.931. The maximum atomic E-state index is 13.1. The molecule has 0 aliphatic heterocycles. The molecule has 4 nitrogen and oxygen atoms in total. The Bertz CT molecular complexity index is 1360. The van der Waals surface area contributed by atoms with Crippen molar-refractivity contribution in [1.29, 1.82) is 5.26 Å². The maximum Gasteiger partial charge on any atom is 0.266 e. The van der Waals surface area contributed by atoms with Crippen molar-refractivity contribution in [2.75, 3.05) is 5.32 Å². The van der Waals surface area contributed by atoms with E-state index in [1.807, 2.05) is 38.1 Å². The fraction of sp³-hybridized carbons (Fsp3) is 0.0769. The Morgan fingerprint density at radius 3 is 2.42 bits per heavy atom. The largest absolute Gasteiger partial charge is 0.321 e. The minimum absolute atomic E-state index is 0.0249. The van der Waals surface area contributed by atoms with Gasteiger partial charge >= 0.3 is 0 Å². The van der Waals surface area contributed by atoms with E-state index in [2.05, 4.69) is 40.2 Å². The zero-order valence-corrected chi connectivity index (χ0v) is 17.2. The number of rotatable bonds is 4. The first-order valence-electron chi connectivity index (χ1n) is 9.83. The zero-order valence-electron chi connectivity index (χ0n) is 17.2. The number of halogens is 1. The summed E-state index contributed by atoms with van der Waals surface area (Å²) in [4.78, 5) is 12.5. The first-order valence-corrected chi connectivity index (χ1v) is 9.83. The van der Waals surface area contributed by atoms with E-state index in [1.54, 1.807) is 6.08 Å². The number of hydrogen-bond donors (Lipinski definition) is 1. The number of carbonyl (C=O) groups is 1. The molecule has 0 saturated heterocycles. The lowest BCUT2D eigenvalue weighted by molar-refractivity contribution is -0.112. The summed E-state index contributed by atoms with van der Waals surface area (Å²) in [6, 6.07) is 23.7. The second-order valence-corrected chi connectivity index (χ2v) is 7.32. The van der Waals surface area contributed by atoms with Gasteiger partial charge in [0.15, 0.2) is 0 Å². The van der Waals surface area contributed by atoms with Crippen LogP contribution < -0.4 is 5.32 Å². The van der Waals surface area contributed by atoms with Crippen LogP contribution in [0.2, 0.25) is 0 Å². The van der Waals surface area contributed by atoms with Crippen molar-refractivity contribution < 1.29 is 9.18 Å². The van der Waals surface area contributed by atoms with Gasteiger partial charge in [-0.3, -0.25) is 4.79 Å². The molecule has 0 aliphatic carbocycles. The third-order valence-electron chi connectivity index (χ3n) is 5.23. The van der Waals surface area contributed by atoms with E-state index in [1.165, 1.54) is 24.3 Å². The molecule has 3 aromatic carbocycles. The van der Waals surface area contributed by atoms with Crippen molar-refractivity contribution in [2.24, 2.45) is 0 Å². The normalized spacial score (nSPS) is 11.4. The molecule has 152 valence electrons. The standard InChI is InChI=1S/C26H20FN3O/c1-17-13-21(14-22(16-28)26(31)29-24-10-8-23(27)9-11-24)18(2)30(17)25-12-7-19-5-3-4-6-20(19)15-25/h3-15H,1-2H3,(H,29,31). The van der Waals surface area contributed by atoms with Crippen molar-refractivity contribution >= 4 is 28.4 Å². The molecular formula is C26H20FN3O. The molecular weight excluding hydrogens is 389 g/mol. The van der Waals surface area contributed by atoms with Crippen LogP contribution >= 0.6 is 0 Å². The molecule has 4 aromatic rings. The van der Waals surface area contributed by atoms with E-state index in [-0.39, 0.29) is 5.57 Å². The summed E-state index contributed by atoms with van der Waals surface area (Å²) < 4.78 is 15.2. The SMILES string of the molecule is Cc1cc(C=C(C#N)C(=O)Nc2ccc(F)cc2)c(C)n1-c1ccc2ccccc2c1. The fourth-order valence-electron chi connectivity index (χ4n) is 3.68. The van der Waals surface area contributed by atoms with Crippen LogP contribution in [0.4, 0.5) is 10.1 Å². The van der Waals surface area contributed by atoms with Crippen molar-refractivity contribution in [2.45, 2.75) is 13.8 Å². The number of nitrogens with one attached hydrogen (secondary N) is 1. The van der Waals surface area contributed by atoms with Crippen molar-refractivity contribution in [3.63, 3.8) is 0 Å². The Hall–Kier alpha value is -4.17. The minimum atomic E-state index is -0.537. The number of aryl methyl sites for hydroxylation is 1. The molecule has 0 bridgehead atoms. The third-order valence-corrected chi connectivity index (χ3v) is 5.23. The quantitative estimate of drug-likeness (QED) is 0.335. The van der Waals surface area contributed by atoms with E-state index < -0.39 is 11.7 Å². The molecule has 1 heterocycles. The molecule has 4 rings (SSSR count). The first-order chi connectivity index (χ1) is 15.0. The van der Waals surface area contributed by atoms with Crippen LogP contribution in [0.15, 0.2) is 78.4 Å². The molecule has 0 spiro atoms. The van der Waals surface area contributed by atoms with Crippen LogP contribution in [-0.4, -0.2) is 10.5 Å². The van der Waals surface area contributed by atoms with Gasteiger partial charge in [0.25, 0.3) is 5.91 Å². The molecule has 1 aromatic heterocycles. The summed E-state index contributed by atoms with van der Waals surface area (Å²) in [7, 11) is 0. The lowest BCUT2D eigenvalue weighted by Gasteiger charge is -2.11. The van der Waals surface area contributed by atoms with E-state index in [9.17, 15) is 14.4 Å². The lowest BCUT2D eigenvalue weighted by Crippen LogP contribution is -2.13. The predicted octanol–water partition coefficient (Wildman–Crippen LogP) is 5.93. The molecule has 5 heteroatoms. The van der Waals surface area contributed by atoms with Crippen LogP contribution in [0.5, 0.6) is 0 Å². The van der Waals surface area contributed by atoms with E-state index in [0.29, 0.717) is 5.69 Å². The molecule has 1 N–H and O–H groups in total. The Balaban J connectivity index is 1.67.